The molecule has 0 unspecified atom stereocenters. The number of ether oxygens (including phenoxy) is 1. The second-order valence-corrected chi connectivity index (χ2v) is 7.12. The highest BCUT2D eigenvalue weighted by atomic mass is 35.5. The quantitative estimate of drug-likeness (QED) is 0.802. The molecule has 2 aromatic rings. The number of benzene rings is 2. The van der Waals surface area contributed by atoms with E-state index < -0.39 is 10.0 Å². The van der Waals surface area contributed by atoms with Crippen molar-refractivity contribution in [2.45, 2.75) is 11.8 Å². The van der Waals surface area contributed by atoms with Crippen LogP contribution in [-0.2, 0) is 10.0 Å². The number of hydrogen-bond donors (Lipinski definition) is 0. The average Bonchev–Trinajstić information content (AvgIpc) is 2.50. The van der Waals surface area contributed by atoms with Crippen molar-refractivity contribution >= 4 is 38.9 Å². The van der Waals surface area contributed by atoms with Crippen LogP contribution in [0.3, 0.4) is 0 Å². The Kier molecular flexibility index (Phi) is 5.21. The molecule has 2 aromatic carbocycles. The number of rotatable bonds is 5. The van der Waals surface area contributed by atoms with Crippen molar-refractivity contribution in [2.24, 2.45) is 0 Å². The zero-order valence-electron chi connectivity index (χ0n) is 12.1. The third-order valence-electron chi connectivity index (χ3n) is 3.09. The Morgan fingerprint density at radius 1 is 1.14 bits per heavy atom. The van der Waals surface area contributed by atoms with Gasteiger partial charge in [0.2, 0.25) is 0 Å². The Morgan fingerprint density at radius 2 is 1.86 bits per heavy atom. The van der Waals surface area contributed by atoms with Crippen LogP contribution >= 0.6 is 23.2 Å². The molecule has 0 bridgehead atoms. The van der Waals surface area contributed by atoms with Gasteiger partial charge in [0.15, 0.2) is 0 Å². The fourth-order valence-electron chi connectivity index (χ4n) is 2.05. The van der Waals surface area contributed by atoms with Gasteiger partial charge >= 0.3 is 0 Å². The molecule has 22 heavy (non-hydrogen) atoms. The van der Waals surface area contributed by atoms with Gasteiger partial charge in [-0.05, 0) is 37.3 Å². The van der Waals surface area contributed by atoms with E-state index in [0.29, 0.717) is 16.5 Å². The summed E-state index contributed by atoms with van der Waals surface area (Å²) in [4.78, 5) is -0.0219. The summed E-state index contributed by atoms with van der Waals surface area (Å²) in [5, 5.41) is 0.440. The van der Waals surface area contributed by atoms with E-state index in [2.05, 4.69) is 0 Å². The fraction of sp³-hybridized carbons (Fsp3) is 0.200. The number of nitrogens with zero attached hydrogens (tertiary/aromatic N) is 1. The largest absolute Gasteiger partial charge is 0.497 e. The van der Waals surface area contributed by atoms with E-state index in [9.17, 15) is 8.42 Å². The van der Waals surface area contributed by atoms with Gasteiger partial charge < -0.3 is 4.74 Å². The standard InChI is InChI=1S/C15H15Cl2NO3S/c1-3-18(12-5-4-6-13(10-12)21-2)22(19,20)15-9-11(16)7-8-14(15)17/h4-10H,3H2,1-2H3. The van der Waals surface area contributed by atoms with E-state index in [4.69, 9.17) is 27.9 Å². The maximum Gasteiger partial charge on any atom is 0.265 e. The summed E-state index contributed by atoms with van der Waals surface area (Å²) in [5.74, 6) is 0.573. The molecule has 0 N–H and O–H groups in total. The Labute approximate surface area is 140 Å². The van der Waals surface area contributed by atoms with Gasteiger partial charge in [-0.15, -0.1) is 0 Å². The van der Waals surface area contributed by atoms with E-state index in [0.717, 1.165) is 0 Å². The number of halogens is 2. The molecule has 0 saturated heterocycles. The van der Waals surface area contributed by atoms with Crippen LogP contribution in [-0.4, -0.2) is 22.1 Å². The van der Waals surface area contributed by atoms with Crippen molar-refractivity contribution in [3.05, 3.63) is 52.5 Å². The minimum Gasteiger partial charge on any atom is -0.497 e. The van der Waals surface area contributed by atoms with Gasteiger partial charge in [-0.3, -0.25) is 4.31 Å². The molecular weight excluding hydrogens is 345 g/mol. The zero-order valence-corrected chi connectivity index (χ0v) is 14.4. The lowest BCUT2D eigenvalue weighted by Gasteiger charge is -2.24. The predicted octanol–water partition coefficient (Wildman–Crippen LogP) is 4.22. The summed E-state index contributed by atoms with van der Waals surface area (Å²) in [6.07, 6.45) is 0. The lowest BCUT2D eigenvalue weighted by molar-refractivity contribution is 0.415. The van der Waals surface area contributed by atoms with Gasteiger partial charge in [0.1, 0.15) is 10.6 Å². The summed E-state index contributed by atoms with van der Waals surface area (Å²) in [6, 6.07) is 11.2. The normalized spacial score (nSPS) is 11.3. The highest BCUT2D eigenvalue weighted by molar-refractivity contribution is 7.93. The van der Waals surface area contributed by atoms with E-state index in [1.165, 1.54) is 23.5 Å². The molecule has 118 valence electrons. The summed E-state index contributed by atoms with van der Waals surface area (Å²) >= 11 is 11.9. The number of hydrogen-bond acceptors (Lipinski definition) is 3. The Hall–Kier alpha value is -1.43. The highest BCUT2D eigenvalue weighted by Crippen LogP contribution is 2.31. The maximum atomic E-state index is 12.9. The first kappa shape index (κ1) is 16.9. The second kappa shape index (κ2) is 6.77. The maximum absolute atomic E-state index is 12.9. The third kappa shape index (κ3) is 3.32. The first-order valence-corrected chi connectivity index (χ1v) is 8.71. The Balaban J connectivity index is 2.55. The van der Waals surface area contributed by atoms with E-state index in [-0.39, 0.29) is 16.5 Å². The van der Waals surface area contributed by atoms with Crippen LogP contribution in [0, 0.1) is 0 Å². The Bertz CT molecular complexity index is 778. The lowest BCUT2D eigenvalue weighted by atomic mass is 10.3. The fourth-order valence-corrected chi connectivity index (χ4v) is 4.26. The van der Waals surface area contributed by atoms with Crippen molar-refractivity contribution in [2.75, 3.05) is 18.0 Å². The van der Waals surface area contributed by atoms with Crippen LogP contribution in [0.2, 0.25) is 10.0 Å². The molecule has 0 amide bonds. The molecule has 0 atom stereocenters. The monoisotopic (exact) mass is 359 g/mol. The molecule has 0 radical (unpaired) electrons. The van der Waals surface area contributed by atoms with Crippen LogP contribution in [0.4, 0.5) is 5.69 Å². The first-order valence-electron chi connectivity index (χ1n) is 6.52. The minimum absolute atomic E-state index is 0.0219. The minimum atomic E-state index is -3.82. The van der Waals surface area contributed by atoms with E-state index in [1.54, 1.807) is 37.3 Å². The topological polar surface area (TPSA) is 46.6 Å². The summed E-state index contributed by atoms with van der Waals surface area (Å²) < 4.78 is 32.2. The summed E-state index contributed by atoms with van der Waals surface area (Å²) in [5.41, 5.74) is 0.498. The van der Waals surface area contributed by atoms with Crippen molar-refractivity contribution in [1.82, 2.24) is 0 Å². The first-order chi connectivity index (χ1) is 10.4. The average molecular weight is 360 g/mol. The highest BCUT2D eigenvalue weighted by Gasteiger charge is 2.26. The third-order valence-corrected chi connectivity index (χ3v) is 5.71. The molecule has 0 aliphatic rings. The molecule has 0 fully saturated rings. The zero-order chi connectivity index (χ0) is 16.3. The molecule has 0 heterocycles. The van der Waals surface area contributed by atoms with Crippen LogP contribution in [0.15, 0.2) is 47.4 Å². The van der Waals surface area contributed by atoms with Crippen molar-refractivity contribution in [3.63, 3.8) is 0 Å². The summed E-state index contributed by atoms with van der Waals surface area (Å²) in [7, 11) is -2.30. The van der Waals surface area contributed by atoms with Gasteiger partial charge in [0.25, 0.3) is 10.0 Å². The smallest absolute Gasteiger partial charge is 0.265 e. The van der Waals surface area contributed by atoms with Gasteiger partial charge in [-0.1, -0.05) is 29.3 Å². The Morgan fingerprint density at radius 3 is 2.50 bits per heavy atom. The molecule has 0 aliphatic carbocycles. The molecule has 0 spiro atoms. The van der Waals surface area contributed by atoms with Gasteiger partial charge in [0, 0.05) is 17.6 Å². The molecule has 0 saturated carbocycles. The van der Waals surface area contributed by atoms with Crippen molar-refractivity contribution in [3.8, 4) is 5.75 Å². The van der Waals surface area contributed by atoms with Crippen molar-refractivity contribution < 1.29 is 13.2 Å². The van der Waals surface area contributed by atoms with E-state index in [1.807, 2.05) is 0 Å². The van der Waals surface area contributed by atoms with Crippen molar-refractivity contribution in [1.29, 1.82) is 0 Å². The molecule has 0 aromatic heterocycles. The van der Waals surface area contributed by atoms with E-state index >= 15 is 0 Å². The van der Waals surface area contributed by atoms with Gasteiger partial charge in [0.05, 0.1) is 17.8 Å². The second-order valence-electron chi connectivity index (χ2n) is 4.45. The molecule has 7 heteroatoms. The summed E-state index contributed by atoms with van der Waals surface area (Å²) in [6.45, 7) is 1.99. The molecule has 2 rings (SSSR count). The predicted molar refractivity (Wildman–Crippen MR) is 89.7 cm³/mol. The SMILES string of the molecule is CCN(c1cccc(OC)c1)S(=O)(=O)c1cc(Cl)ccc1Cl. The van der Waals surface area contributed by atoms with Crippen LogP contribution < -0.4 is 9.04 Å². The molecular formula is C15H15Cl2NO3S. The number of methoxy groups -OCH3 is 1. The molecule has 0 aliphatic heterocycles. The van der Waals surface area contributed by atoms with Crippen LogP contribution in [0.25, 0.3) is 0 Å². The van der Waals surface area contributed by atoms with Crippen LogP contribution in [0.1, 0.15) is 6.92 Å². The number of anilines is 1. The lowest BCUT2D eigenvalue weighted by Crippen LogP contribution is -2.31. The van der Waals surface area contributed by atoms with Gasteiger partial charge in [-0.2, -0.15) is 0 Å². The molecule has 4 nitrogen and oxygen atoms in total. The number of sulfonamides is 1. The van der Waals surface area contributed by atoms with Gasteiger partial charge in [-0.25, -0.2) is 8.42 Å². The van der Waals surface area contributed by atoms with Crippen LogP contribution in [0.5, 0.6) is 5.75 Å².